The highest BCUT2D eigenvalue weighted by Gasteiger charge is 2.27. The number of halogens is 1. The van der Waals surface area contributed by atoms with Crippen LogP contribution in [0.4, 0.5) is 46.0 Å². The van der Waals surface area contributed by atoms with Gasteiger partial charge in [-0.15, -0.1) is 20.5 Å². The number of sulfone groups is 2. The van der Waals surface area contributed by atoms with Crippen molar-refractivity contribution in [1.82, 2.24) is 15.0 Å². The Hall–Kier alpha value is -7.24. The monoisotopic (exact) mass is 1120 g/mol. The second-order valence-electron chi connectivity index (χ2n) is 14.3. The van der Waals surface area contributed by atoms with Gasteiger partial charge >= 0.3 is 0 Å². The number of hydrogen-bond acceptors (Lipinski definition) is 22. The van der Waals surface area contributed by atoms with Crippen LogP contribution in [0.2, 0.25) is 5.28 Å². The molecule has 374 valence electrons. The van der Waals surface area contributed by atoms with E-state index in [0.29, 0.717) is 17.5 Å². The lowest BCUT2D eigenvalue weighted by atomic mass is 10.1. The van der Waals surface area contributed by atoms with Crippen molar-refractivity contribution in [3.05, 3.63) is 120 Å². The highest BCUT2D eigenvalue weighted by Crippen LogP contribution is 2.46. The van der Waals surface area contributed by atoms with Crippen molar-refractivity contribution in [2.45, 2.75) is 29.4 Å². The number of benzene rings is 6. The van der Waals surface area contributed by atoms with Gasteiger partial charge in [0.25, 0.3) is 40.5 Å². The highest BCUT2D eigenvalue weighted by atomic mass is 35.5. The van der Waals surface area contributed by atoms with Gasteiger partial charge in [-0.25, -0.2) is 16.8 Å². The van der Waals surface area contributed by atoms with Crippen molar-refractivity contribution in [3.63, 3.8) is 0 Å². The van der Waals surface area contributed by atoms with E-state index in [0.717, 1.165) is 60.0 Å². The fourth-order valence-electron chi connectivity index (χ4n) is 6.44. The minimum Gasteiger partial charge on any atom is -0.505 e. The molecule has 7 N–H and O–H groups in total. The lowest BCUT2D eigenvalue weighted by Crippen LogP contribution is -2.06. The van der Waals surface area contributed by atoms with Gasteiger partial charge in [-0.05, 0) is 102 Å². The summed E-state index contributed by atoms with van der Waals surface area (Å²) >= 11 is 6.16. The van der Waals surface area contributed by atoms with E-state index in [9.17, 15) is 73.8 Å². The molecular formula is C39H28ClN9O17S6. The van der Waals surface area contributed by atoms with Gasteiger partial charge in [0.2, 0.25) is 17.2 Å². The van der Waals surface area contributed by atoms with Gasteiger partial charge in [0.1, 0.15) is 21.2 Å². The van der Waals surface area contributed by atoms with E-state index in [1.165, 1.54) is 24.3 Å². The maximum Gasteiger partial charge on any atom is 0.296 e. The van der Waals surface area contributed by atoms with Crippen LogP contribution < -0.4 is 10.6 Å². The molecule has 0 aliphatic carbocycles. The van der Waals surface area contributed by atoms with Crippen molar-refractivity contribution in [2.75, 3.05) is 10.6 Å². The number of rotatable bonds is 16. The summed E-state index contributed by atoms with van der Waals surface area (Å²) in [6.45, 7) is 6.42. The maximum absolute atomic E-state index is 12.9. The molecule has 33 heteroatoms. The molecular weight excluding hydrogens is 1090 g/mol. The lowest BCUT2D eigenvalue weighted by molar-refractivity contribution is 0.472. The van der Waals surface area contributed by atoms with Crippen molar-refractivity contribution < 1.29 is 73.8 Å². The maximum atomic E-state index is 12.9. The third-order valence-electron chi connectivity index (χ3n) is 9.73. The Bertz CT molecular complexity index is 4260. The van der Waals surface area contributed by atoms with E-state index < -0.39 is 129 Å². The average molecular weight is 1120 g/mol. The molecule has 0 radical (unpaired) electrons. The van der Waals surface area contributed by atoms with Gasteiger partial charge in [-0.2, -0.15) is 48.6 Å². The molecule has 0 atom stereocenters. The van der Waals surface area contributed by atoms with Crippen molar-refractivity contribution in [2.24, 2.45) is 20.5 Å². The van der Waals surface area contributed by atoms with E-state index in [2.05, 4.69) is 59.2 Å². The smallest absolute Gasteiger partial charge is 0.296 e. The summed E-state index contributed by atoms with van der Waals surface area (Å²) in [6, 6.07) is 14.8. The Balaban J connectivity index is 1.36. The van der Waals surface area contributed by atoms with Crippen LogP contribution in [0.5, 0.6) is 5.75 Å². The highest BCUT2D eigenvalue weighted by molar-refractivity contribution is 7.94. The molecule has 26 nitrogen and oxygen atoms in total. The molecule has 0 spiro atoms. The number of phenols is 1. The number of fused-ring (bicyclic) bond motifs is 2. The molecule has 0 saturated heterocycles. The van der Waals surface area contributed by atoms with Crippen molar-refractivity contribution in [3.8, 4) is 5.75 Å². The molecule has 1 heterocycles. The Labute approximate surface area is 412 Å². The first kappa shape index (κ1) is 52.6. The molecule has 0 aliphatic rings. The molecule has 0 bridgehead atoms. The summed E-state index contributed by atoms with van der Waals surface area (Å²) in [5.41, 5.74) is -2.41. The minimum absolute atomic E-state index is 0.0901. The first-order valence-corrected chi connectivity index (χ1v) is 28.2. The Morgan fingerprint density at radius 3 is 1.60 bits per heavy atom. The summed E-state index contributed by atoms with van der Waals surface area (Å²) in [5.74, 6) is -1.87. The minimum atomic E-state index is -5.42. The van der Waals surface area contributed by atoms with Gasteiger partial charge in [0.05, 0.1) is 36.6 Å². The van der Waals surface area contributed by atoms with Gasteiger partial charge in [-0.3, -0.25) is 18.2 Å². The van der Waals surface area contributed by atoms with Crippen LogP contribution in [0, 0.1) is 0 Å². The van der Waals surface area contributed by atoms with Crippen LogP contribution in [-0.2, 0) is 60.1 Å². The second kappa shape index (κ2) is 19.1. The molecule has 0 saturated carbocycles. The molecule has 0 amide bonds. The van der Waals surface area contributed by atoms with E-state index in [1.54, 1.807) is 0 Å². The van der Waals surface area contributed by atoms with E-state index in [4.69, 9.17) is 11.6 Å². The zero-order valence-corrected chi connectivity index (χ0v) is 41.0. The zero-order valence-electron chi connectivity index (χ0n) is 35.3. The predicted molar refractivity (Wildman–Crippen MR) is 256 cm³/mol. The van der Waals surface area contributed by atoms with Crippen LogP contribution in [0.25, 0.3) is 21.5 Å². The van der Waals surface area contributed by atoms with E-state index in [1.807, 2.05) is 0 Å². The first-order chi connectivity index (χ1) is 33.4. The molecule has 1 aromatic heterocycles. The quantitative estimate of drug-likeness (QED) is 0.0360. The standard InChI is InChI=1S/C39H28ClN9O17S6/c1-3-67(51,52)22-7-5-21(6-8-22)41-38-43-37(40)44-39(45-38)42-31-18-25(70(58,59)60)15-20-16-33(72(64,65)66)35(36(50)34(20)31)49-47-28-13-14-29(27-17-24(69(55,56)57)9-11-26(27)28)46-48-30-12-10-23(68(53,54)4-2)19-32(30)71(61,62)63/h3-19,50H,1-2H2,(H,55,56,57)(H,58,59,60)(H,61,62,63)(H,64,65,66)(H2,41,42,43,44,45). The number of azo groups is 2. The average Bonchev–Trinajstić information content (AvgIpc) is 3.29. The topological polar surface area (TPSA) is 418 Å². The molecule has 0 aliphatic heterocycles. The molecule has 7 aromatic rings. The summed E-state index contributed by atoms with van der Waals surface area (Å²) in [5, 5.41) is 32.3. The predicted octanol–water partition coefficient (Wildman–Crippen LogP) is 7.68. The largest absolute Gasteiger partial charge is 0.505 e. The van der Waals surface area contributed by atoms with Gasteiger partial charge in [-0.1, -0.05) is 19.2 Å². The molecule has 72 heavy (non-hydrogen) atoms. The van der Waals surface area contributed by atoms with Crippen LogP contribution >= 0.6 is 11.6 Å². The lowest BCUT2D eigenvalue weighted by Gasteiger charge is -2.15. The molecule has 6 aromatic carbocycles. The van der Waals surface area contributed by atoms with Gasteiger partial charge in [0.15, 0.2) is 25.4 Å². The summed E-state index contributed by atoms with van der Waals surface area (Å²) < 4.78 is 189. The van der Waals surface area contributed by atoms with Crippen molar-refractivity contribution >= 4 is 139 Å². The van der Waals surface area contributed by atoms with E-state index in [-0.39, 0.29) is 38.7 Å². The van der Waals surface area contributed by atoms with Crippen LogP contribution in [-0.4, -0.2) is 88.8 Å². The first-order valence-electron chi connectivity index (χ1n) is 19.0. The number of nitrogens with zero attached hydrogens (tertiary/aromatic N) is 7. The number of anilines is 4. The Morgan fingerprint density at radius 1 is 0.500 bits per heavy atom. The van der Waals surface area contributed by atoms with Crippen LogP contribution in [0.15, 0.2) is 165 Å². The van der Waals surface area contributed by atoms with Crippen LogP contribution in [0.3, 0.4) is 0 Å². The fraction of sp³-hybridized carbons (Fsp3) is 0. The molecule has 0 unspecified atom stereocenters. The number of phenolic OH excluding ortho intramolecular Hbond substituents is 1. The Kier molecular flexibility index (Phi) is 13.9. The summed E-state index contributed by atoms with van der Waals surface area (Å²) in [7, 11) is -28.6. The third kappa shape index (κ3) is 11.3. The van der Waals surface area contributed by atoms with Crippen molar-refractivity contribution in [1.29, 1.82) is 0 Å². The number of aromatic nitrogens is 3. The SMILES string of the molecule is C=CS(=O)(=O)c1ccc(Nc2nc(Cl)nc(Nc3cc(S(=O)(=O)O)cc4cc(S(=O)(=O)O)c(N=Nc5ccc(N=Nc6ccc(S(=O)(=O)C=C)cc6S(=O)(=O)O)c6cc(S(=O)(=O)O)ccc56)c(O)c34)n2)cc1. The Morgan fingerprint density at radius 2 is 1.01 bits per heavy atom. The molecule has 7 rings (SSSR count). The molecule has 0 fully saturated rings. The van der Waals surface area contributed by atoms with Gasteiger partial charge in [0, 0.05) is 32.7 Å². The van der Waals surface area contributed by atoms with Gasteiger partial charge < -0.3 is 15.7 Å². The number of hydrogen-bond donors (Lipinski definition) is 7. The number of nitrogens with one attached hydrogen (secondary N) is 2. The zero-order chi connectivity index (χ0) is 52.9. The number of aromatic hydroxyl groups is 1. The second-order valence-corrected chi connectivity index (χ2v) is 24.1. The van der Waals surface area contributed by atoms with E-state index >= 15 is 0 Å². The summed E-state index contributed by atoms with van der Waals surface area (Å²) in [6.07, 6.45) is 0. The fourth-order valence-corrected chi connectivity index (χ4v) is 10.5. The van der Waals surface area contributed by atoms with Crippen LogP contribution in [0.1, 0.15) is 0 Å². The summed E-state index contributed by atoms with van der Waals surface area (Å²) in [4.78, 5) is 7.54. The third-order valence-corrected chi connectivity index (χ3v) is 16.1. The normalized spacial score (nSPS) is 13.0.